The lowest BCUT2D eigenvalue weighted by Gasteiger charge is -2.01. The zero-order chi connectivity index (χ0) is 25.7. The molecule has 36 heavy (non-hydrogen) atoms. The summed E-state index contributed by atoms with van der Waals surface area (Å²) in [6.07, 6.45) is 0. The maximum absolute atomic E-state index is 12.0. The van der Waals surface area contributed by atoms with E-state index in [0.29, 0.717) is 22.1 Å². The number of nitrogens with zero attached hydrogens (tertiary/aromatic N) is 5. The van der Waals surface area contributed by atoms with E-state index in [9.17, 15) is 25.9 Å². The zero-order valence-electron chi connectivity index (χ0n) is 18.2. The Morgan fingerprint density at radius 3 is 2.33 bits per heavy atom. The van der Waals surface area contributed by atoms with Crippen LogP contribution in [0.4, 0.5) is 0 Å². The first-order chi connectivity index (χ1) is 17.0. The van der Waals surface area contributed by atoms with Crippen LogP contribution in [0.25, 0.3) is 32.4 Å². The molecule has 5 aromatic rings. The van der Waals surface area contributed by atoms with E-state index in [-0.39, 0.29) is 21.2 Å². The van der Waals surface area contributed by atoms with Gasteiger partial charge in [-0.2, -0.15) is 16.8 Å². The summed E-state index contributed by atoms with van der Waals surface area (Å²) in [5.41, 5.74) is 1.03. The summed E-state index contributed by atoms with van der Waals surface area (Å²) in [5.74, 6) is 0.589. The molecule has 0 bridgehead atoms. The van der Waals surface area contributed by atoms with Gasteiger partial charge in [-0.05, 0) is 63.2 Å². The van der Waals surface area contributed by atoms with Gasteiger partial charge in [-0.15, -0.1) is 0 Å². The van der Waals surface area contributed by atoms with Crippen LogP contribution in [-0.2, 0) is 20.2 Å². The van der Waals surface area contributed by atoms with Gasteiger partial charge in [0.2, 0.25) is 0 Å². The molecule has 5 rings (SSSR count). The van der Waals surface area contributed by atoms with E-state index in [1.54, 1.807) is 31.4 Å². The van der Waals surface area contributed by atoms with Gasteiger partial charge >= 0.3 is 5.13 Å². The number of benzene rings is 3. The lowest BCUT2D eigenvalue weighted by atomic mass is 10.2. The van der Waals surface area contributed by atoms with Crippen molar-refractivity contribution in [1.82, 2.24) is 20.0 Å². The summed E-state index contributed by atoms with van der Waals surface area (Å²) < 4.78 is 71.9. The van der Waals surface area contributed by atoms with Crippen LogP contribution in [0, 0.1) is 0 Å². The Labute approximate surface area is 208 Å². The molecule has 0 unspecified atom stereocenters. The first kappa shape index (κ1) is 24.0. The topological polar surface area (TPSA) is 165 Å². The fourth-order valence-electron chi connectivity index (χ4n) is 3.42. The van der Waals surface area contributed by atoms with Crippen LogP contribution in [0.2, 0.25) is 0 Å². The molecule has 0 aliphatic rings. The van der Waals surface area contributed by atoms with Gasteiger partial charge in [-0.1, -0.05) is 28.5 Å². The first-order valence-electron chi connectivity index (χ1n) is 10.0. The van der Waals surface area contributed by atoms with E-state index in [1.165, 1.54) is 63.4 Å². The maximum Gasteiger partial charge on any atom is 0.365 e. The third kappa shape index (κ3) is 4.45. The fraction of sp³-hybridized carbons (Fsp3) is 0.0476. The highest BCUT2D eigenvalue weighted by molar-refractivity contribution is 7.86. The molecule has 0 spiro atoms. The summed E-state index contributed by atoms with van der Waals surface area (Å²) in [6.45, 7) is 0. The molecule has 3 aromatic carbocycles. The number of hydrogen-bond acceptors (Lipinski definition) is 9. The second-order valence-electron chi connectivity index (χ2n) is 7.37. The van der Waals surface area contributed by atoms with Crippen LogP contribution in [-0.4, -0.2) is 53.0 Å². The second-order valence-corrected chi connectivity index (χ2v) is 11.2. The van der Waals surface area contributed by atoms with Crippen LogP contribution in [0.3, 0.4) is 0 Å². The predicted octanol–water partition coefficient (Wildman–Crippen LogP) is 2.32. The second kappa shape index (κ2) is 8.72. The summed E-state index contributed by atoms with van der Waals surface area (Å²) >= 11 is 1.26. The molecule has 0 radical (unpaired) electrons. The number of aromatic nitrogens is 5. The molecule has 0 saturated carbocycles. The van der Waals surface area contributed by atoms with E-state index in [2.05, 4.69) is 15.2 Å². The number of tetrazole rings is 1. The maximum atomic E-state index is 12.0. The Kier molecular flexibility index (Phi) is 5.80. The van der Waals surface area contributed by atoms with Crippen LogP contribution < -0.4 is 9.53 Å². The minimum absolute atomic E-state index is 0.0427. The van der Waals surface area contributed by atoms with Crippen LogP contribution in [0.5, 0.6) is 5.75 Å². The van der Waals surface area contributed by atoms with Gasteiger partial charge in [0.05, 0.1) is 22.3 Å². The fourth-order valence-corrected chi connectivity index (χ4v) is 5.52. The summed E-state index contributed by atoms with van der Waals surface area (Å²) in [7, 11) is -7.46. The highest BCUT2D eigenvalue weighted by Crippen LogP contribution is 2.28. The van der Waals surface area contributed by atoms with Crippen LogP contribution in [0.1, 0.15) is 0 Å². The third-order valence-corrected chi connectivity index (χ3v) is 7.85. The highest BCUT2D eigenvalue weighted by Gasteiger charge is 2.28. The van der Waals surface area contributed by atoms with Crippen LogP contribution in [0.15, 0.2) is 76.5 Å². The molecule has 0 fully saturated rings. The number of rotatable bonds is 6. The van der Waals surface area contributed by atoms with E-state index in [4.69, 9.17) is 4.74 Å². The first-order valence-corrected chi connectivity index (χ1v) is 13.7. The van der Waals surface area contributed by atoms with Gasteiger partial charge in [-0.3, -0.25) is 9.11 Å². The van der Waals surface area contributed by atoms with Crippen LogP contribution >= 0.6 is 11.3 Å². The largest absolute Gasteiger partial charge is 0.497 e. The lowest BCUT2D eigenvalue weighted by Crippen LogP contribution is -2.43. The lowest BCUT2D eigenvalue weighted by molar-refractivity contribution is -0.734. The van der Waals surface area contributed by atoms with Crippen molar-refractivity contribution in [2.45, 2.75) is 9.79 Å². The van der Waals surface area contributed by atoms with Gasteiger partial charge in [0.25, 0.3) is 26.1 Å². The molecule has 0 aliphatic heterocycles. The third-order valence-electron chi connectivity index (χ3n) is 5.09. The van der Waals surface area contributed by atoms with Gasteiger partial charge in [0.15, 0.2) is 5.52 Å². The van der Waals surface area contributed by atoms with Gasteiger partial charge in [0, 0.05) is 11.2 Å². The Balaban J connectivity index is 1.74. The molecular weight excluding hydrogens is 530 g/mol. The normalized spacial score (nSPS) is 12.2. The zero-order valence-corrected chi connectivity index (χ0v) is 20.7. The smallest absolute Gasteiger partial charge is 0.365 e. The molecule has 2 heterocycles. The highest BCUT2D eigenvalue weighted by atomic mass is 32.2. The van der Waals surface area contributed by atoms with Crippen molar-refractivity contribution in [2.75, 3.05) is 7.11 Å². The summed E-state index contributed by atoms with van der Waals surface area (Å²) in [6, 6.07) is 16.2. The average molecular weight is 547 g/mol. The van der Waals surface area contributed by atoms with Gasteiger partial charge in [0.1, 0.15) is 16.3 Å². The van der Waals surface area contributed by atoms with E-state index >= 15 is 0 Å². The molecule has 2 N–H and O–H groups in total. The molecule has 0 aliphatic carbocycles. The molecule has 0 saturated heterocycles. The van der Waals surface area contributed by atoms with Crippen molar-refractivity contribution in [3.05, 3.63) is 66.7 Å². The number of ether oxygens (including phenoxy) is 1. The minimum atomic E-state index is -4.58. The number of thiazole rings is 1. The minimum Gasteiger partial charge on any atom is -0.497 e. The number of hydrogen-bond donors (Lipinski definition) is 2. The van der Waals surface area contributed by atoms with Crippen molar-refractivity contribution in [1.29, 1.82) is 0 Å². The predicted molar refractivity (Wildman–Crippen MR) is 128 cm³/mol. The molecule has 2 aromatic heterocycles. The Morgan fingerprint density at radius 2 is 1.67 bits per heavy atom. The van der Waals surface area contributed by atoms with Crippen molar-refractivity contribution >= 4 is 41.8 Å². The van der Waals surface area contributed by atoms with E-state index < -0.39 is 20.2 Å². The van der Waals surface area contributed by atoms with Gasteiger partial charge in [-0.25, -0.2) is 0 Å². The molecule has 15 heteroatoms. The average Bonchev–Trinajstić information content (AvgIpc) is 3.47. The Bertz CT molecular complexity index is 1830. The Hall–Kier alpha value is -3.76. The monoisotopic (exact) mass is 546 g/mol. The van der Waals surface area contributed by atoms with Crippen molar-refractivity contribution in [3.63, 3.8) is 0 Å². The number of fused-ring (bicyclic) bond motifs is 1. The molecular formula is C21H16N5O7S3+. The summed E-state index contributed by atoms with van der Waals surface area (Å²) in [4.78, 5) is 6.48. The molecule has 12 nitrogen and oxygen atoms in total. The SMILES string of the molecule is COc1ccc2nc(-[n+]3nc(-c4ccccc4S(=O)(=O)O)nn3-c3ccc(S(=O)(=O)O)cc3)sc2c1. The van der Waals surface area contributed by atoms with Gasteiger partial charge < -0.3 is 4.74 Å². The van der Waals surface area contributed by atoms with E-state index in [1.807, 2.05) is 0 Å². The number of methoxy groups -OCH3 is 1. The molecule has 0 atom stereocenters. The quantitative estimate of drug-likeness (QED) is 0.238. The van der Waals surface area contributed by atoms with Crippen molar-refractivity contribution in [3.8, 4) is 28.0 Å². The van der Waals surface area contributed by atoms with Crippen molar-refractivity contribution < 1.29 is 35.5 Å². The molecule has 184 valence electrons. The summed E-state index contributed by atoms with van der Waals surface area (Å²) in [5, 5.41) is 9.23. The standard InChI is InChI=1S/C21H15N5O7S3/c1-33-14-8-11-17-18(12-14)34-21(22-17)26-24-20(16-4-2-3-5-19(16)36(30,31)32)23-25(26)13-6-9-15(10-7-13)35(27,28)29/h2-12H,1H3,(H-,27,28,29,30,31,32)/p+1. The Morgan fingerprint density at radius 1 is 0.944 bits per heavy atom. The van der Waals surface area contributed by atoms with E-state index in [0.717, 1.165) is 4.70 Å². The van der Waals surface area contributed by atoms with Crippen molar-refractivity contribution in [2.24, 2.45) is 0 Å². The molecule has 0 amide bonds.